The standard InChI is InChI=1S/C47H69N7O6/c1-6-8-9-10-22-53(7-2)45-34-43(35(3)48-47(57)38-16-18-40(19-17-38)54-26-30-59-31-27-54)50-44(51-45)15-12-28-58-32-33-60-29-25-52-23-20-39(21-24-52)49-42-14-11-13-41(36(4)55)46(42)37(5)56/h11,13-14,16-19,34-35,39,49H,6-10,12,15,20-33H2,1-5H3,(H,48,57)/t35-/m1/s1. The van der Waals surface area contributed by atoms with Crippen molar-refractivity contribution >= 4 is 34.7 Å². The SMILES string of the molecule is CCCCCCN(CC)c1cc([C@@H](C)NC(=O)c2ccc(N3CCOCC3)cc2)nc(CCCOCCOCCN2CCC(Nc3cccc(C(C)=O)c3C(C)=O)CC2)n1. The first-order valence-electron chi connectivity index (χ1n) is 22.3. The lowest BCUT2D eigenvalue weighted by Crippen LogP contribution is -2.40. The number of hydrogen-bond acceptors (Lipinski definition) is 12. The highest BCUT2D eigenvalue weighted by Gasteiger charge is 2.23. The number of nitrogens with zero attached hydrogens (tertiary/aromatic N) is 5. The Morgan fingerprint density at radius 3 is 2.28 bits per heavy atom. The van der Waals surface area contributed by atoms with E-state index in [2.05, 4.69) is 39.2 Å². The number of aryl methyl sites for hydroxylation is 1. The number of piperidine rings is 1. The van der Waals surface area contributed by atoms with Crippen molar-refractivity contribution in [2.24, 2.45) is 0 Å². The van der Waals surface area contributed by atoms with Gasteiger partial charge in [-0.2, -0.15) is 0 Å². The second-order valence-electron chi connectivity index (χ2n) is 16.0. The third-order valence-corrected chi connectivity index (χ3v) is 11.4. The van der Waals surface area contributed by atoms with Gasteiger partial charge in [0.05, 0.1) is 50.3 Å². The number of nitrogens with one attached hydrogen (secondary N) is 2. The highest BCUT2D eigenvalue weighted by atomic mass is 16.5. The molecular weight excluding hydrogens is 759 g/mol. The summed E-state index contributed by atoms with van der Waals surface area (Å²) in [5.74, 6) is 1.34. The van der Waals surface area contributed by atoms with Crippen LogP contribution < -0.4 is 20.4 Å². The molecule has 1 amide bonds. The largest absolute Gasteiger partial charge is 0.382 e. The van der Waals surface area contributed by atoms with Crippen molar-refractivity contribution in [1.82, 2.24) is 20.2 Å². The Bertz CT molecular complexity index is 1790. The second-order valence-corrected chi connectivity index (χ2v) is 16.0. The Morgan fingerprint density at radius 2 is 1.60 bits per heavy atom. The minimum absolute atomic E-state index is 0.0989. The van der Waals surface area contributed by atoms with Gasteiger partial charge in [0.1, 0.15) is 11.6 Å². The van der Waals surface area contributed by atoms with Crippen LogP contribution in [0, 0.1) is 0 Å². The molecule has 1 aromatic heterocycles. The van der Waals surface area contributed by atoms with Crippen LogP contribution >= 0.6 is 0 Å². The van der Waals surface area contributed by atoms with E-state index in [0.717, 1.165) is 113 Å². The molecule has 0 spiro atoms. The number of likely N-dealkylation sites (tertiary alicyclic amines) is 1. The Balaban J connectivity index is 1.04. The number of Topliss-reactive ketones (excluding diaryl/α,β-unsaturated/α-hetero) is 2. The molecule has 13 nitrogen and oxygen atoms in total. The van der Waals surface area contributed by atoms with Crippen LogP contribution in [0.5, 0.6) is 0 Å². The number of ether oxygens (including phenoxy) is 3. The highest BCUT2D eigenvalue weighted by Crippen LogP contribution is 2.25. The summed E-state index contributed by atoms with van der Waals surface area (Å²) in [6, 6.07) is 15.2. The van der Waals surface area contributed by atoms with E-state index in [1.54, 1.807) is 6.07 Å². The third-order valence-electron chi connectivity index (χ3n) is 11.4. The van der Waals surface area contributed by atoms with Gasteiger partial charge in [0, 0.05) is 93.5 Å². The summed E-state index contributed by atoms with van der Waals surface area (Å²) in [6.07, 6.45) is 8.07. The summed E-state index contributed by atoms with van der Waals surface area (Å²) in [5.41, 5.74) is 4.23. The second kappa shape index (κ2) is 24.7. The van der Waals surface area contributed by atoms with Gasteiger partial charge in [-0.1, -0.05) is 38.3 Å². The monoisotopic (exact) mass is 828 g/mol. The number of unbranched alkanes of at least 4 members (excludes halogenated alkanes) is 3. The van der Waals surface area contributed by atoms with E-state index in [4.69, 9.17) is 24.2 Å². The number of anilines is 3. The molecule has 0 saturated carbocycles. The number of morpholine rings is 1. The molecule has 0 unspecified atom stereocenters. The summed E-state index contributed by atoms with van der Waals surface area (Å²) in [6.45, 7) is 19.3. The fourth-order valence-corrected chi connectivity index (χ4v) is 7.88. The summed E-state index contributed by atoms with van der Waals surface area (Å²) >= 11 is 0. The van der Waals surface area contributed by atoms with Gasteiger partial charge < -0.3 is 39.5 Å². The van der Waals surface area contributed by atoms with Crippen LogP contribution in [0.4, 0.5) is 17.2 Å². The lowest BCUT2D eigenvalue weighted by Gasteiger charge is -2.33. The smallest absolute Gasteiger partial charge is 0.251 e. The van der Waals surface area contributed by atoms with Gasteiger partial charge in [-0.3, -0.25) is 14.4 Å². The van der Waals surface area contributed by atoms with E-state index in [-0.39, 0.29) is 29.6 Å². The van der Waals surface area contributed by atoms with E-state index in [9.17, 15) is 14.4 Å². The van der Waals surface area contributed by atoms with Crippen LogP contribution in [0.3, 0.4) is 0 Å². The van der Waals surface area contributed by atoms with E-state index in [1.807, 2.05) is 49.4 Å². The number of rotatable bonds is 25. The molecule has 2 saturated heterocycles. The van der Waals surface area contributed by atoms with Crippen molar-refractivity contribution in [2.45, 2.75) is 98.1 Å². The van der Waals surface area contributed by atoms with Crippen molar-refractivity contribution in [2.75, 3.05) is 101 Å². The fraction of sp³-hybridized carbons (Fsp3) is 0.596. The zero-order chi connectivity index (χ0) is 42.7. The summed E-state index contributed by atoms with van der Waals surface area (Å²) in [4.78, 5) is 54.8. The van der Waals surface area contributed by atoms with Crippen LogP contribution in [0.2, 0.25) is 0 Å². The predicted molar refractivity (Wildman–Crippen MR) is 239 cm³/mol. The molecule has 2 N–H and O–H groups in total. The molecule has 0 radical (unpaired) electrons. The molecular formula is C47H69N7O6. The average Bonchev–Trinajstić information content (AvgIpc) is 3.26. The number of amides is 1. The maximum Gasteiger partial charge on any atom is 0.251 e. The van der Waals surface area contributed by atoms with Crippen molar-refractivity contribution in [3.8, 4) is 0 Å². The van der Waals surface area contributed by atoms with E-state index in [0.29, 0.717) is 49.5 Å². The lowest BCUT2D eigenvalue weighted by atomic mass is 9.97. The molecule has 2 aromatic carbocycles. The zero-order valence-electron chi connectivity index (χ0n) is 36.8. The van der Waals surface area contributed by atoms with Crippen LogP contribution in [0.1, 0.15) is 128 Å². The number of carbonyl (C=O) groups excluding carboxylic acids is 3. The lowest BCUT2D eigenvalue weighted by molar-refractivity contribution is 0.0356. The predicted octanol–water partition coefficient (Wildman–Crippen LogP) is 7.16. The minimum Gasteiger partial charge on any atom is -0.382 e. The van der Waals surface area contributed by atoms with Gasteiger partial charge >= 0.3 is 0 Å². The van der Waals surface area contributed by atoms with Crippen LogP contribution in [-0.2, 0) is 20.6 Å². The van der Waals surface area contributed by atoms with Gasteiger partial charge in [0.25, 0.3) is 5.91 Å². The molecule has 0 aliphatic carbocycles. The first kappa shape index (κ1) is 46.6. The Hall–Kier alpha value is -4.43. The molecule has 13 heteroatoms. The molecule has 3 aromatic rings. The molecule has 2 fully saturated rings. The van der Waals surface area contributed by atoms with Gasteiger partial charge in [-0.15, -0.1) is 0 Å². The summed E-state index contributed by atoms with van der Waals surface area (Å²) in [7, 11) is 0. The van der Waals surface area contributed by atoms with Crippen LogP contribution in [0.25, 0.3) is 0 Å². The molecule has 2 aliphatic heterocycles. The van der Waals surface area contributed by atoms with Crippen LogP contribution in [0.15, 0.2) is 48.5 Å². The number of hydrogen-bond donors (Lipinski definition) is 2. The zero-order valence-corrected chi connectivity index (χ0v) is 36.8. The number of ketones is 2. The highest BCUT2D eigenvalue weighted by molar-refractivity contribution is 6.10. The maximum atomic E-state index is 13.4. The van der Waals surface area contributed by atoms with E-state index < -0.39 is 0 Å². The normalized spacial score (nSPS) is 15.4. The first-order valence-corrected chi connectivity index (χ1v) is 22.3. The van der Waals surface area contributed by atoms with Crippen molar-refractivity contribution < 1.29 is 28.6 Å². The van der Waals surface area contributed by atoms with E-state index >= 15 is 0 Å². The van der Waals surface area contributed by atoms with E-state index in [1.165, 1.54) is 33.1 Å². The average molecular weight is 828 g/mol. The Labute approximate surface area is 357 Å². The first-order chi connectivity index (χ1) is 29.2. The van der Waals surface area contributed by atoms with Gasteiger partial charge in [-0.05, 0) is 83.7 Å². The van der Waals surface area contributed by atoms with Crippen molar-refractivity contribution in [3.63, 3.8) is 0 Å². The molecule has 328 valence electrons. The third kappa shape index (κ3) is 14.4. The van der Waals surface area contributed by atoms with Gasteiger partial charge in [0.2, 0.25) is 0 Å². The molecule has 1 atom stereocenters. The molecule has 0 bridgehead atoms. The summed E-state index contributed by atoms with van der Waals surface area (Å²) < 4.78 is 17.3. The maximum absolute atomic E-state index is 13.4. The van der Waals surface area contributed by atoms with Gasteiger partial charge in [0.15, 0.2) is 11.6 Å². The Kier molecular flexibility index (Phi) is 19.2. The molecule has 2 aliphatic rings. The molecule has 3 heterocycles. The van der Waals surface area contributed by atoms with Crippen molar-refractivity contribution in [3.05, 3.63) is 76.7 Å². The summed E-state index contributed by atoms with van der Waals surface area (Å²) in [5, 5.41) is 6.71. The topological polar surface area (TPSA) is 138 Å². The van der Waals surface area contributed by atoms with Crippen molar-refractivity contribution in [1.29, 1.82) is 0 Å². The number of benzene rings is 2. The molecule has 60 heavy (non-hydrogen) atoms. The number of carbonyl (C=O) groups is 3. The minimum atomic E-state index is -0.301. The van der Waals surface area contributed by atoms with Gasteiger partial charge in [-0.25, -0.2) is 9.97 Å². The quantitative estimate of drug-likeness (QED) is 0.0663. The fourth-order valence-electron chi connectivity index (χ4n) is 7.88. The van der Waals surface area contributed by atoms with Crippen LogP contribution in [-0.4, -0.2) is 124 Å². The number of aromatic nitrogens is 2. The molecule has 5 rings (SSSR count). The Morgan fingerprint density at radius 1 is 0.867 bits per heavy atom.